The number of halogens is 4. The highest BCUT2D eigenvalue weighted by molar-refractivity contribution is 6.30. The van der Waals surface area contributed by atoms with E-state index in [1.165, 1.54) is 11.0 Å². The van der Waals surface area contributed by atoms with Gasteiger partial charge in [-0.2, -0.15) is 18.4 Å². The summed E-state index contributed by atoms with van der Waals surface area (Å²) in [5, 5.41) is 8.23. The third-order valence-electron chi connectivity index (χ3n) is 2.24. The molecule has 0 aromatic carbocycles. The maximum absolute atomic E-state index is 12.7. The first-order valence-electron chi connectivity index (χ1n) is 4.70. The number of nitriles is 1. The van der Waals surface area contributed by atoms with Crippen LogP contribution in [0.2, 0.25) is 5.15 Å². The molecule has 92 valence electrons. The molecule has 0 saturated heterocycles. The van der Waals surface area contributed by atoms with E-state index in [1.54, 1.807) is 14.0 Å². The highest BCUT2D eigenvalue weighted by atomic mass is 35.5. The molecular weight excluding hydrogens is 255 g/mol. The Balaban J connectivity index is 3.46. The lowest BCUT2D eigenvalue weighted by molar-refractivity contribution is -0.137. The predicted molar refractivity (Wildman–Crippen MR) is 57.9 cm³/mol. The molecule has 1 aromatic rings. The lowest BCUT2D eigenvalue weighted by atomic mass is 10.1. The summed E-state index contributed by atoms with van der Waals surface area (Å²) in [4.78, 5) is 5.26. The fourth-order valence-electron chi connectivity index (χ4n) is 1.19. The van der Waals surface area contributed by atoms with Gasteiger partial charge in [-0.25, -0.2) is 4.98 Å². The van der Waals surface area contributed by atoms with Gasteiger partial charge in [0, 0.05) is 13.6 Å². The Morgan fingerprint density at radius 2 is 2.12 bits per heavy atom. The fraction of sp³-hybridized carbons (Fsp3) is 0.400. The zero-order valence-corrected chi connectivity index (χ0v) is 9.89. The molecule has 0 spiro atoms. The maximum Gasteiger partial charge on any atom is 0.417 e. The van der Waals surface area contributed by atoms with Crippen molar-refractivity contribution >= 4 is 17.4 Å². The summed E-state index contributed by atoms with van der Waals surface area (Å²) in [6, 6.07) is 2.25. The van der Waals surface area contributed by atoms with E-state index < -0.39 is 22.5 Å². The zero-order valence-electron chi connectivity index (χ0n) is 9.14. The van der Waals surface area contributed by atoms with Crippen molar-refractivity contribution in [2.24, 2.45) is 0 Å². The molecule has 0 radical (unpaired) electrons. The molecule has 0 aliphatic heterocycles. The average molecular weight is 264 g/mol. The summed E-state index contributed by atoms with van der Waals surface area (Å²) >= 11 is 5.58. The minimum atomic E-state index is -4.62. The predicted octanol–water partition coefficient (Wildman–Crippen LogP) is 3.08. The highest BCUT2D eigenvalue weighted by Gasteiger charge is 2.36. The first kappa shape index (κ1) is 13.6. The molecule has 1 rings (SSSR count). The number of hydrogen-bond donors (Lipinski definition) is 0. The summed E-state index contributed by atoms with van der Waals surface area (Å²) in [7, 11) is 1.59. The van der Waals surface area contributed by atoms with Crippen molar-refractivity contribution in [1.82, 2.24) is 4.98 Å². The number of hydrogen-bond acceptors (Lipinski definition) is 3. The van der Waals surface area contributed by atoms with Crippen molar-refractivity contribution in [3.63, 3.8) is 0 Å². The topological polar surface area (TPSA) is 39.9 Å². The third kappa shape index (κ3) is 2.80. The van der Waals surface area contributed by atoms with Gasteiger partial charge in [0.15, 0.2) is 0 Å². The van der Waals surface area contributed by atoms with Gasteiger partial charge in [-0.05, 0) is 13.0 Å². The lowest BCUT2D eigenvalue weighted by Gasteiger charge is -2.18. The molecule has 0 aliphatic carbocycles. The Bertz CT molecular complexity index is 465. The van der Waals surface area contributed by atoms with E-state index in [9.17, 15) is 13.2 Å². The van der Waals surface area contributed by atoms with Crippen LogP contribution in [-0.4, -0.2) is 18.6 Å². The van der Waals surface area contributed by atoms with Gasteiger partial charge < -0.3 is 4.90 Å². The third-order valence-corrected chi connectivity index (χ3v) is 2.52. The summed E-state index contributed by atoms with van der Waals surface area (Å²) < 4.78 is 38.1. The fourth-order valence-corrected chi connectivity index (χ4v) is 1.42. The molecule has 17 heavy (non-hydrogen) atoms. The van der Waals surface area contributed by atoms with E-state index in [2.05, 4.69) is 4.98 Å². The minimum absolute atomic E-state index is 0.0869. The van der Waals surface area contributed by atoms with Crippen molar-refractivity contribution in [2.75, 3.05) is 18.5 Å². The normalized spacial score (nSPS) is 11.1. The van der Waals surface area contributed by atoms with Crippen LogP contribution in [0.3, 0.4) is 0 Å². The SMILES string of the molecule is CCN(C)c1cc(C(F)(F)F)c(C#N)c(Cl)n1. The van der Waals surface area contributed by atoms with Gasteiger partial charge in [0.2, 0.25) is 0 Å². The second kappa shape index (κ2) is 4.80. The smallest absolute Gasteiger partial charge is 0.360 e. The van der Waals surface area contributed by atoms with Gasteiger partial charge in [-0.15, -0.1) is 0 Å². The Morgan fingerprint density at radius 1 is 1.53 bits per heavy atom. The standard InChI is InChI=1S/C10H9ClF3N3/c1-3-17(2)8-4-7(10(12,13)14)6(5-15)9(11)16-8/h4H,3H2,1-2H3. The molecule has 1 aromatic heterocycles. The molecule has 0 N–H and O–H groups in total. The molecule has 0 atom stereocenters. The second-order valence-electron chi connectivity index (χ2n) is 3.32. The molecule has 7 heteroatoms. The van der Waals surface area contributed by atoms with E-state index in [0.717, 1.165) is 6.07 Å². The van der Waals surface area contributed by atoms with E-state index >= 15 is 0 Å². The van der Waals surface area contributed by atoms with E-state index in [4.69, 9.17) is 16.9 Å². The Hall–Kier alpha value is -1.48. The van der Waals surface area contributed by atoms with Gasteiger partial charge >= 0.3 is 6.18 Å². The van der Waals surface area contributed by atoms with Crippen molar-refractivity contribution < 1.29 is 13.2 Å². The molecule has 0 saturated carbocycles. The summed E-state index contributed by atoms with van der Waals surface area (Å²) in [6.07, 6.45) is -4.62. The van der Waals surface area contributed by atoms with Crippen LogP contribution < -0.4 is 4.90 Å². The number of alkyl halides is 3. The summed E-state index contributed by atoms with van der Waals surface area (Å²) in [5.74, 6) is 0.0869. The van der Waals surface area contributed by atoms with Crippen LogP contribution in [0.15, 0.2) is 6.07 Å². The first-order valence-corrected chi connectivity index (χ1v) is 5.08. The molecule has 0 aliphatic rings. The number of pyridine rings is 1. The van der Waals surface area contributed by atoms with Crippen molar-refractivity contribution in [3.8, 4) is 6.07 Å². The molecule has 0 fully saturated rings. The second-order valence-corrected chi connectivity index (χ2v) is 3.68. The van der Waals surface area contributed by atoms with E-state index in [1.807, 2.05) is 0 Å². The van der Waals surface area contributed by atoms with Crippen LogP contribution in [0.4, 0.5) is 19.0 Å². The molecular formula is C10H9ClF3N3. The van der Waals surface area contributed by atoms with Crippen LogP contribution in [0.1, 0.15) is 18.1 Å². The Kier molecular flexibility index (Phi) is 3.83. The van der Waals surface area contributed by atoms with Gasteiger partial charge in [0.25, 0.3) is 0 Å². The van der Waals surface area contributed by atoms with Gasteiger partial charge in [-0.1, -0.05) is 11.6 Å². The zero-order chi connectivity index (χ0) is 13.2. The van der Waals surface area contributed by atoms with Crippen LogP contribution in [0.5, 0.6) is 0 Å². The molecule has 1 heterocycles. The van der Waals surface area contributed by atoms with Crippen LogP contribution >= 0.6 is 11.6 Å². The van der Waals surface area contributed by atoms with E-state index in [0.29, 0.717) is 6.54 Å². The van der Waals surface area contributed by atoms with Crippen LogP contribution in [0.25, 0.3) is 0 Å². The quantitative estimate of drug-likeness (QED) is 0.770. The molecule has 0 bridgehead atoms. The largest absolute Gasteiger partial charge is 0.417 e. The first-order chi connectivity index (χ1) is 7.81. The maximum atomic E-state index is 12.7. The molecule has 3 nitrogen and oxygen atoms in total. The Labute approximate surface area is 101 Å². The average Bonchev–Trinajstić information content (AvgIpc) is 2.25. The number of anilines is 1. The highest BCUT2D eigenvalue weighted by Crippen LogP contribution is 2.36. The van der Waals surface area contributed by atoms with Gasteiger partial charge in [0.05, 0.1) is 5.56 Å². The molecule has 0 unspecified atom stereocenters. The number of rotatable bonds is 2. The number of aromatic nitrogens is 1. The summed E-state index contributed by atoms with van der Waals surface area (Å²) in [5.41, 5.74) is -1.71. The minimum Gasteiger partial charge on any atom is -0.360 e. The van der Waals surface area contributed by atoms with E-state index in [-0.39, 0.29) is 5.82 Å². The lowest BCUT2D eigenvalue weighted by Crippen LogP contribution is -2.19. The monoisotopic (exact) mass is 263 g/mol. The number of nitrogens with zero attached hydrogens (tertiary/aromatic N) is 3. The van der Waals surface area contributed by atoms with Gasteiger partial charge in [0.1, 0.15) is 22.6 Å². The van der Waals surface area contributed by atoms with Gasteiger partial charge in [-0.3, -0.25) is 0 Å². The Morgan fingerprint density at radius 3 is 2.53 bits per heavy atom. The molecule has 0 amide bonds. The van der Waals surface area contributed by atoms with Crippen LogP contribution in [0, 0.1) is 11.3 Å². The van der Waals surface area contributed by atoms with Crippen molar-refractivity contribution in [3.05, 3.63) is 22.3 Å². The summed E-state index contributed by atoms with van der Waals surface area (Å²) in [6.45, 7) is 2.24. The van der Waals surface area contributed by atoms with Crippen molar-refractivity contribution in [2.45, 2.75) is 13.1 Å². The van der Waals surface area contributed by atoms with Crippen molar-refractivity contribution in [1.29, 1.82) is 5.26 Å². The van der Waals surface area contributed by atoms with Crippen LogP contribution in [-0.2, 0) is 6.18 Å².